The summed E-state index contributed by atoms with van der Waals surface area (Å²) in [4.78, 5) is 43.4. The third-order valence-electron chi connectivity index (χ3n) is 11.1. The number of amides is 2. The van der Waals surface area contributed by atoms with Crippen LogP contribution in [0.25, 0.3) is 0 Å². The van der Waals surface area contributed by atoms with Crippen LogP contribution in [0.2, 0.25) is 18.6 Å². The van der Waals surface area contributed by atoms with Gasteiger partial charge in [0.1, 0.15) is 5.75 Å². The predicted molar refractivity (Wildman–Crippen MR) is 210 cm³/mol. The molecule has 11 nitrogen and oxygen atoms in total. The molecule has 4 heterocycles. The summed E-state index contributed by atoms with van der Waals surface area (Å²) in [5, 5.41) is 19.0. The summed E-state index contributed by atoms with van der Waals surface area (Å²) < 4.78 is 15.3. The Balaban J connectivity index is 1.08. The molecule has 0 aliphatic carbocycles. The highest BCUT2D eigenvalue weighted by Crippen LogP contribution is 2.60. The number of aromatic nitrogens is 3. The van der Waals surface area contributed by atoms with E-state index in [2.05, 4.69) is 26.2 Å². The van der Waals surface area contributed by atoms with Crippen molar-refractivity contribution < 1.29 is 29.0 Å². The molecule has 0 saturated carbocycles. The number of carbonyl (C=O) groups excluding carboxylic acids is 2. The van der Waals surface area contributed by atoms with E-state index < -0.39 is 20.0 Å². The van der Waals surface area contributed by atoms with Crippen LogP contribution < -0.4 is 14.5 Å². The first-order chi connectivity index (χ1) is 26.0. The number of fused-ring (bicyclic) bond motifs is 3. The van der Waals surface area contributed by atoms with Gasteiger partial charge in [-0.2, -0.15) is 0 Å². The largest absolute Gasteiger partial charge is 0.482 e. The predicted octanol–water partition coefficient (Wildman–Crippen LogP) is 6.66. The Hall–Kier alpha value is -4.66. The number of aliphatic hydroxyl groups excluding tert-OH is 1. The topological polar surface area (TPSA) is 130 Å². The summed E-state index contributed by atoms with van der Waals surface area (Å²) in [5.74, 6) is -0.355. The maximum Gasteiger partial charge on any atom is 0.269 e. The number of aliphatic hydroxyl groups is 1. The molecule has 3 aliphatic rings. The van der Waals surface area contributed by atoms with E-state index in [1.165, 1.54) is 0 Å². The van der Waals surface area contributed by atoms with E-state index in [0.29, 0.717) is 35.8 Å². The van der Waals surface area contributed by atoms with Gasteiger partial charge in [-0.3, -0.25) is 19.2 Å². The van der Waals surface area contributed by atoms with Gasteiger partial charge in [-0.05, 0) is 73.1 Å². The lowest BCUT2D eigenvalue weighted by molar-refractivity contribution is -0.146. The molecule has 5 aromatic rings. The fourth-order valence-corrected chi connectivity index (χ4v) is 11.7. The van der Waals surface area contributed by atoms with Crippen LogP contribution in [0.5, 0.6) is 5.75 Å². The normalized spacial score (nSPS) is 22.7. The summed E-state index contributed by atoms with van der Waals surface area (Å²) in [5.41, 5.74) is 3.77. The first-order valence-corrected chi connectivity index (χ1v) is 22.0. The van der Waals surface area contributed by atoms with Gasteiger partial charge < -0.3 is 24.3 Å². The standard InChI is InChI=1S/C41H42BrN5O6Si/c1-26-39(54(2,3)51)37(18-19-45-23-33(43-44-45)31(24-48)28-11-5-4-6-12-28)53-41(26)32-21-29(42)16-17-34(32)46(40(41)50)22-27-10-9-13-30(20-27)47-35-14-7-8-15-36(35)52-25-38(47)49/h4-17,20-21,23,26,31,37,39,48,51H,18-19,22,24-25H2,1-3H3/t26-,31?,37+,39-,41+/m0/s1. The Kier molecular flexibility index (Phi) is 9.55. The minimum Gasteiger partial charge on any atom is -0.482 e. The van der Waals surface area contributed by atoms with E-state index in [9.17, 15) is 14.7 Å². The molecule has 0 radical (unpaired) electrons. The van der Waals surface area contributed by atoms with Crippen LogP contribution >= 0.6 is 15.9 Å². The second-order valence-corrected chi connectivity index (χ2v) is 19.8. The zero-order chi connectivity index (χ0) is 37.8. The molecular weight excluding hydrogens is 766 g/mol. The number of benzene rings is 4. The molecule has 3 aliphatic heterocycles. The lowest BCUT2D eigenvalue weighted by Gasteiger charge is -2.32. The number of nitrogens with zero attached hydrogens (tertiary/aromatic N) is 5. The highest BCUT2D eigenvalue weighted by Gasteiger charge is 2.66. The van der Waals surface area contributed by atoms with Crippen LogP contribution in [0.4, 0.5) is 17.1 Å². The Morgan fingerprint density at radius 3 is 2.54 bits per heavy atom. The van der Waals surface area contributed by atoms with E-state index in [1.807, 2.05) is 123 Å². The number of hydrogen-bond acceptors (Lipinski definition) is 8. The molecule has 278 valence electrons. The van der Waals surface area contributed by atoms with Gasteiger partial charge in [0.05, 0.1) is 42.2 Å². The number of anilines is 3. The molecule has 2 N–H and O–H groups in total. The van der Waals surface area contributed by atoms with Crippen molar-refractivity contribution in [1.82, 2.24) is 15.0 Å². The van der Waals surface area contributed by atoms with Crippen molar-refractivity contribution in [2.24, 2.45) is 5.92 Å². The third kappa shape index (κ3) is 6.27. The number of rotatable bonds is 10. The van der Waals surface area contributed by atoms with Crippen molar-refractivity contribution in [2.45, 2.75) is 62.7 Å². The molecule has 1 aromatic heterocycles. The van der Waals surface area contributed by atoms with Crippen molar-refractivity contribution in [2.75, 3.05) is 23.0 Å². The first-order valence-electron chi connectivity index (χ1n) is 18.2. The Morgan fingerprint density at radius 1 is 0.981 bits per heavy atom. The number of aryl methyl sites for hydroxylation is 1. The minimum atomic E-state index is -2.90. The van der Waals surface area contributed by atoms with Crippen molar-refractivity contribution >= 4 is 53.1 Å². The van der Waals surface area contributed by atoms with Gasteiger partial charge in [0.25, 0.3) is 11.8 Å². The lowest BCUT2D eigenvalue weighted by atomic mass is 9.82. The van der Waals surface area contributed by atoms with Crippen LogP contribution in [0.1, 0.15) is 41.6 Å². The summed E-state index contributed by atoms with van der Waals surface area (Å²) in [6, 6.07) is 30.7. The van der Waals surface area contributed by atoms with Crippen LogP contribution in [0, 0.1) is 5.92 Å². The van der Waals surface area contributed by atoms with Gasteiger partial charge in [-0.15, -0.1) is 5.10 Å². The fourth-order valence-electron chi connectivity index (χ4n) is 8.74. The molecule has 0 bridgehead atoms. The minimum absolute atomic E-state index is 0.0619. The van der Waals surface area contributed by atoms with Crippen LogP contribution in [-0.4, -0.2) is 64.3 Å². The molecule has 1 unspecified atom stereocenters. The Bertz CT molecular complexity index is 2210. The second-order valence-electron chi connectivity index (χ2n) is 14.9. The molecule has 8 rings (SSSR count). The van der Waals surface area contributed by atoms with Crippen LogP contribution in [-0.2, 0) is 33.0 Å². The van der Waals surface area contributed by atoms with E-state index in [1.54, 1.807) is 14.5 Å². The molecule has 2 amide bonds. The maximum absolute atomic E-state index is 15.0. The van der Waals surface area contributed by atoms with Gasteiger partial charge in [0, 0.05) is 39.9 Å². The van der Waals surface area contributed by atoms with Crippen molar-refractivity contribution in [1.29, 1.82) is 0 Å². The maximum atomic E-state index is 15.0. The third-order valence-corrected chi connectivity index (χ3v) is 14.1. The van der Waals surface area contributed by atoms with Crippen molar-refractivity contribution in [3.8, 4) is 5.75 Å². The number of halogens is 1. The molecule has 13 heteroatoms. The molecule has 54 heavy (non-hydrogen) atoms. The second kappa shape index (κ2) is 14.2. The summed E-state index contributed by atoms with van der Waals surface area (Å²) in [6.07, 6.45) is 1.91. The van der Waals surface area contributed by atoms with Gasteiger partial charge in [-0.1, -0.05) is 82.7 Å². The fraction of sp³-hybridized carbons (Fsp3) is 0.317. The highest BCUT2D eigenvalue weighted by atomic mass is 79.9. The van der Waals surface area contributed by atoms with Crippen molar-refractivity contribution in [3.05, 3.63) is 130 Å². The summed E-state index contributed by atoms with van der Waals surface area (Å²) >= 11 is 3.65. The number of ether oxygens (including phenoxy) is 2. The van der Waals surface area contributed by atoms with E-state index in [-0.39, 0.29) is 48.9 Å². The van der Waals surface area contributed by atoms with Crippen LogP contribution in [0.3, 0.4) is 0 Å². The first kappa shape index (κ1) is 36.3. The van der Waals surface area contributed by atoms with E-state index in [4.69, 9.17) is 9.47 Å². The highest BCUT2D eigenvalue weighted by molar-refractivity contribution is 9.10. The van der Waals surface area contributed by atoms with E-state index >= 15 is 4.79 Å². The average Bonchev–Trinajstić information content (AvgIpc) is 3.81. The molecule has 4 aromatic carbocycles. The number of carbonyl (C=O) groups is 2. The average molecular weight is 809 g/mol. The molecular formula is C41H42BrN5O6Si. The van der Waals surface area contributed by atoms with Gasteiger partial charge >= 0.3 is 0 Å². The van der Waals surface area contributed by atoms with Gasteiger partial charge in [0.15, 0.2) is 20.5 Å². The zero-order valence-corrected chi connectivity index (χ0v) is 32.9. The molecule has 1 fully saturated rings. The number of para-hydroxylation sites is 2. The van der Waals surface area contributed by atoms with Crippen LogP contribution in [0.15, 0.2) is 108 Å². The SMILES string of the molecule is C[C@H]1[C@H]([Si](C)(C)O)[C@@H](CCn2cc(C(CO)c3ccccc3)nn2)O[C@]12C(=O)N(Cc1cccc(N3C(=O)COc4ccccc43)c1)c1ccc(Br)cc12. The Labute approximate surface area is 323 Å². The molecule has 1 spiro atoms. The molecule has 1 saturated heterocycles. The lowest BCUT2D eigenvalue weighted by Crippen LogP contribution is -2.46. The summed E-state index contributed by atoms with van der Waals surface area (Å²) in [7, 11) is -2.90. The Morgan fingerprint density at radius 2 is 1.76 bits per heavy atom. The quantitative estimate of drug-likeness (QED) is 0.150. The molecule has 5 atom stereocenters. The van der Waals surface area contributed by atoms with E-state index in [0.717, 1.165) is 26.9 Å². The van der Waals surface area contributed by atoms with Gasteiger partial charge in [-0.25, -0.2) is 0 Å². The van der Waals surface area contributed by atoms with Gasteiger partial charge in [0.2, 0.25) is 0 Å². The van der Waals surface area contributed by atoms with Crippen molar-refractivity contribution in [3.63, 3.8) is 0 Å². The summed E-state index contributed by atoms with van der Waals surface area (Å²) in [6.45, 7) is 6.41. The smallest absolute Gasteiger partial charge is 0.269 e. The number of hydrogen-bond donors (Lipinski definition) is 2. The zero-order valence-electron chi connectivity index (χ0n) is 30.3. The monoisotopic (exact) mass is 807 g/mol.